The summed E-state index contributed by atoms with van der Waals surface area (Å²) in [6, 6.07) is 16.7. The first-order valence-corrected chi connectivity index (χ1v) is 14.9. The van der Waals surface area contributed by atoms with E-state index in [9.17, 15) is 9.59 Å². The zero-order valence-corrected chi connectivity index (χ0v) is 25.8. The largest absolute Gasteiger partial charge is 0.476 e. The second kappa shape index (κ2) is 12.4. The number of hydrogen-bond acceptors (Lipinski definition) is 8. The molecule has 0 spiro atoms. The Hall–Kier alpha value is -4.55. The van der Waals surface area contributed by atoms with Crippen molar-refractivity contribution in [3.05, 3.63) is 72.1 Å². The van der Waals surface area contributed by atoms with Crippen LogP contribution < -0.4 is 25.4 Å². The third-order valence-corrected chi connectivity index (χ3v) is 7.30. The van der Waals surface area contributed by atoms with Crippen LogP contribution >= 0.6 is 11.8 Å². The summed E-state index contributed by atoms with van der Waals surface area (Å²) in [5.74, 6) is 1.93. The lowest BCUT2D eigenvalue weighted by Crippen LogP contribution is -2.26. The van der Waals surface area contributed by atoms with E-state index in [0.29, 0.717) is 34.6 Å². The second-order valence-electron chi connectivity index (χ2n) is 11.3. The number of anilines is 3. The first kappa shape index (κ1) is 29.9. The van der Waals surface area contributed by atoms with Crippen LogP contribution in [0.1, 0.15) is 32.0 Å². The summed E-state index contributed by atoms with van der Waals surface area (Å²) in [7, 11) is 4.07. The predicted octanol–water partition coefficient (Wildman–Crippen LogP) is 6.12. The number of hydrogen-bond donors (Lipinski definition) is 3. The highest BCUT2D eigenvalue weighted by Crippen LogP contribution is 2.39. The summed E-state index contributed by atoms with van der Waals surface area (Å²) in [5.41, 5.74) is 3.29. The summed E-state index contributed by atoms with van der Waals surface area (Å²) < 4.78 is 13.4. The Morgan fingerprint density at radius 1 is 1.12 bits per heavy atom. The molecular weight excluding hydrogens is 566 g/mol. The summed E-state index contributed by atoms with van der Waals surface area (Å²) in [6.07, 6.45) is 3.45. The summed E-state index contributed by atoms with van der Waals surface area (Å²) in [4.78, 5) is 31.9. The molecule has 2 aromatic heterocycles. The van der Waals surface area contributed by atoms with Crippen LogP contribution in [0, 0.1) is 0 Å². The van der Waals surface area contributed by atoms with Crippen molar-refractivity contribution in [3.8, 4) is 22.9 Å². The van der Waals surface area contributed by atoms with E-state index in [4.69, 9.17) is 14.6 Å². The van der Waals surface area contributed by atoms with Crippen LogP contribution in [0.25, 0.3) is 5.69 Å². The van der Waals surface area contributed by atoms with E-state index in [1.165, 1.54) is 23.5 Å². The SMILES string of the molecule is CSc1cc(Oc2ccnc3c2OCC(=O)N3)ccc1NC(=O)Nc1cc(C(C)(C)C)nn1-c1ccc(CN(C)C)cc1. The molecule has 43 heavy (non-hydrogen) atoms. The first-order valence-electron chi connectivity index (χ1n) is 13.7. The molecule has 2 aromatic carbocycles. The number of carbonyl (C=O) groups is 2. The van der Waals surface area contributed by atoms with Crippen molar-refractivity contribution < 1.29 is 19.1 Å². The topological polar surface area (TPSA) is 123 Å². The van der Waals surface area contributed by atoms with Gasteiger partial charge in [-0.2, -0.15) is 5.10 Å². The Balaban J connectivity index is 1.34. The Kier molecular flexibility index (Phi) is 8.60. The zero-order valence-electron chi connectivity index (χ0n) is 25.0. The minimum atomic E-state index is -0.401. The van der Waals surface area contributed by atoms with E-state index in [2.05, 4.69) is 58.7 Å². The number of nitrogens with zero attached hydrogens (tertiary/aromatic N) is 4. The number of aromatic nitrogens is 3. The molecule has 3 amide bonds. The fourth-order valence-corrected chi connectivity index (χ4v) is 4.99. The van der Waals surface area contributed by atoms with Crippen molar-refractivity contribution in [2.45, 2.75) is 37.6 Å². The standard InChI is InChI=1S/C31H35N7O4S/c1-31(2,3)25-16-26(38(36-25)20-9-7-19(8-10-20)17-37(4)5)34-30(40)33-22-12-11-21(15-24(22)43-6)42-23-13-14-32-29-28(23)41-18-27(39)35-29/h7-16H,17-18H2,1-6H3,(H,32,35,39)(H2,33,34,40). The number of nitrogens with one attached hydrogen (secondary N) is 3. The van der Waals surface area contributed by atoms with Crippen LogP contribution in [-0.4, -0.2) is 58.6 Å². The lowest BCUT2D eigenvalue weighted by atomic mass is 9.92. The third kappa shape index (κ3) is 7.09. The maximum Gasteiger partial charge on any atom is 0.324 e. The summed E-state index contributed by atoms with van der Waals surface area (Å²) in [5, 5.41) is 13.4. The number of fused-ring (bicyclic) bond motifs is 1. The van der Waals surface area contributed by atoms with Gasteiger partial charge in [0.2, 0.25) is 5.75 Å². The van der Waals surface area contributed by atoms with Gasteiger partial charge in [-0.1, -0.05) is 32.9 Å². The van der Waals surface area contributed by atoms with Crippen molar-refractivity contribution in [1.82, 2.24) is 19.7 Å². The molecule has 0 bridgehead atoms. The molecule has 0 radical (unpaired) electrons. The fourth-order valence-electron chi connectivity index (χ4n) is 4.42. The Morgan fingerprint density at radius 3 is 2.58 bits per heavy atom. The number of carbonyl (C=O) groups excluding carboxylic acids is 2. The summed E-state index contributed by atoms with van der Waals surface area (Å²) in [6.45, 7) is 6.98. The molecule has 0 saturated heterocycles. The molecule has 5 rings (SSSR count). The monoisotopic (exact) mass is 601 g/mol. The molecule has 0 atom stereocenters. The molecule has 4 aromatic rings. The molecule has 1 aliphatic rings. The minimum Gasteiger partial charge on any atom is -0.476 e. The molecule has 0 unspecified atom stereocenters. The Labute approximate surface area is 255 Å². The molecule has 3 N–H and O–H groups in total. The normalized spacial score (nSPS) is 12.8. The lowest BCUT2D eigenvalue weighted by molar-refractivity contribution is -0.118. The van der Waals surface area contributed by atoms with Crippen LogP contribution in [0.4, 0.5) is 22.1 Å². The van der Waals surface area contributed by atoms with E-state index in [0.717, 1.165) is 22.8 Å². The molecule has 1 aliphatic heterocycles. The Bertz CT molecular complexity index is 1650. The smallest absolute Gasteiger partial charge is 0.324 e. The van der Waals surface area contributed by atoms with Gasteiger partial charge in [0.15, 0.2) is 18.2 Å². The molecule has 11 nitrogen and oxygen atoms in total. The van der Waals surface area contributed by atoms with Gasteiger partial charge in [0.05, 0.1) is 17.1 Å². The fraction of sp³-hybridized carbons (Fsp3) is 0.290. The van der Waals surface area contributed by atoms with Crippen LogP contribution in [0.5, 0.6) is 17.2 Å². The molecule has 0 aliphatic carbocycles. The lowest BCUT2D eigenvalue weighted by Gasteiger charge is -2.19. The number of pyridine rings is 1. The highest BCUT2D eigenvalue weighted by molar-refractivity contribution is 7.98. The quantitative estimate of drug-likeness (QED) is 0.207. The van der Waals surface area contributed by atoms with Crippen LogP contribution in [0.2, 0.25) is 0 Å². The highest BCUT2D eigenvalue weighted by atomic mass is 32.2. The van der Waals surface area contributed by atoms with E-state index in [1.54, 1.807) is 22.9 Å². The van der Waals surface area contributed by atoms with Gasteiger partial charge in [0, 0.05) is 35.2 Å². The van der Waals surface area contributed by atoms with Gasteiger partial charge in [-0.3, -0.25) is 10.1 Å². The van der Waals surface area contributed by atoms with E-state index >= 15 is 0 Å². The average molecular weight is 602 g/mol. The maximum atomic E-state index is 13.3. The van der Waals surface area contributed by atoms with Crippen molar-refractivity contribution in [2.24, 2.45) is 0 Å². The maximum absolute atomic E-state index is 13.3. The molecule has 3 heterocycles. The average Bonchev–Trinajstić information content (AvgIpc) is 3.38. The van der Waals surface area contributed by atoms with Gasteiger partial charge < -0.3 is 25.0 Å². The van der Waals surface area contributed by atoms with Gasteiger partial charge >= 0.3 is 6.03 Å². The number of urea groups is 1. The van der Waals surface area contributed by atoms with E-state index < -0.39 is 6.03 Å². The zero-order chi connectivity index (χ0) is 30.7. The molecule has 0 fully saturated rings. The van der Waals surface area contributed by atoms with Crippen molar-refractivity contribution in [1.29, 1.82) is 0 Å². The van der Waals surface area contributed by atoms with Crippen molar-refractivity contribution in [2.75, 3.05) is 42.9 Å². The molecule has 224 valence electrons. The van der Waals surface area contributed by atoms with Crippen LogP contribution in [0.15, 0.2) is 65.7 Å². The molecular formula is C31H35N7O4S. The van der Waals surface area contributed by atoms with Gasteiger partial charge in [-0.25, -0.2) is 14.5 Å². The molecule has 12 heteroatoms. The van der Waals surface area contributed by atoms with Gasteiger partial charge in [-0.05, 0) is 56.2 Å². The minimum absolute atomic E-state index is 0.110. The molecule has 0 saturated carbocycles. The summed E-state index contributed by atoms with van der Waals surface area (Å²) >= 11 is 1.47. The number of thioether (sulfide) groups is 1. The van der Waals surface area contributed by atoms with Gasteiger partial charge in [0.25, 0.3) is 5.91 Å². The number of rotatable bonds is 8. The number of benzene rings is 2. The van der Waals surface area contributed by atoms with Gasteiger partial charge in [-0.15, -0.1) is 11.8 Å². The van der Waals surface area contributed by atoms with Crippen LogP contribution in [0.3, 0.4) is 0 Å². The first-order chi connectivity index (χ1) is 20.5. The highest BCUT2D eigenvalue weighted by Gasteiger charge is 2.23. The van der Waals surface area contributed by atoms with Crippen molar-refractivity contribution in [3.63, 3.8) is 0 Å². The number of amides is 3. The van der Waals surface area contributed by atoms with Gasteiger partial charge in [0.1, 0.15) is 11.6 Å². The number of ether oxygens (including phenoxy) is 2. The predicted molar refractivity (Wildman–Crippen MR) is 169 cm³/mol. The van der Waals surface area contributed by atoms with E-state index in [-0.39, 0.29) is 17.9 Å². The van der Waals surface area contributed by atoms with Crippen LogP contribution in [-0.2, 0) is 16.8 Å². The third-order valence-electron chi connectivity index (χ3n) is 6.52. The Morgan fingerprint density at radius 2 is 1.88 bits per heavy atom. The van der Waals surface area contributed by atoms with Crippen molar-refractivity contribution >= 4 is 41.0 Å². The van der Waals surface area contributed by atoms with E-state index in [1.807, 2.05) is 44.6 Å². The second-order valence-corrected chi connectivity index (χ2v) is 12.2.